The van der Waals surface area contributed by atoms with Crippen molar-refractivity contribution in [1.82, 2.24) is 19.7 Å². The Kier molecular flexibility index (Phi) is 2.72. The minimum Gasteiger partial charge on any atom is -0.393 e. The van der Waals surface area contributed by atoms with Gasteiger partial charge in [-0.25, -0.2) is 9.67 Å². The van der Waals surface area contributed by atoms with Crippen LogP contribution in [0.2, 0.25) is 5.28 Å². The van der Waals surface area contributed by atoms with E-state index in [2.05, 4.69) is 15.1 Å². The predicted molar refractivity (Wildman–Crippen MR) is 63.8 cm³/mol. The largest absolute Gasteiger partial charge is 0.393 e. The lowest BCUT2D eigenvalue weighted by Crippen LogP contribution is -2.21. The fourth-order valence-corrected chi connectivity index (χ4v) is 2.51. The molecule has 0 unspecified atom stereocenters. The topological polar surface area (TPSA) is 63.8 Å². The molecule has 17 heavy (non-hydrogen) atoms. The molecule has 5 nitrogen and oxygen atoms in total. The van der Waals surface area contributed by atoms with Gasteiger partial charge in [-0.3, -0.25) is 0 Å². The summed E-state index contributed by atoms with van der Waals surface area (Å²) in [4.78, 5) is 8.16. The quantitative estimate of drug-likeness (QED) is 0.788. The average molecular weight is 253 g/mol. The van der Waals surface area contributed by atoms with E-state index in [1.54, 1.807) is 12.4 Å². The van der Waals surface area contributed by atoms with Crippen molar-refractivity contribution in [2.75, 3.05) is 0 Å². The summed E-state index contributed by atoms with van der Waals surface area (Å²) in [6, 6.07) is 0.307. The third-order valence-electron chi connectivity index (χ3n) is 3.32. The zero-order valence-electron chi connectivity index (χ0n) is 9.25. The van der Waals surface area contributed by atoms with Crippen LogP contribution in [0.15, 0.2) is 12.4 Å². The summed E-state index contributed by atoms with van der Waals surface area (Å²) in [5, 5.41) is 15.0. The second-order valence-corrected chi connectivity index (χ2v) is 4.81. The number of aromatic nitrogens is 4. The van der Waals surface area contributed by atoms with E-state index in [1.807, 2.05) is 4.68 Å². The number of fused-ring (bicyclic) bond motifs is 1. The monoisotopic (exact) mass is 252 g/mol. The molecule has 0 atom stereocenters. The van der Waals surface area contributed by atoms with Crippen LogP contribution in [0, 0.1) is 0 Å². The van der Waals surface area contributed by atoms with Crippen molar-refractivity contribution in [3.63, 3.8) is 0 Å². The van der Waals surface area contributed by atoms with Crippen LogP contribution in [0.1, 0.15) is 31.7 Å². The highest BCUT2D eigenvalue weighted by molar-refractivity contribution is 6.28. The van der Waals surface area contributed by atoms with Crippen molar-refractivity contribution in [3.05, 3.63) is 17.7 Å². The first-order valence-corrected chi connectivity index (χ1v) is 6.15. The molecule has 0 amide bonds. The lowest BCUT2D eigenvalue weighted by atomic mass is 9.93. The van der Waals surface area contributed by atoms with E-state index in [-0.39, 0.29) is 11.4 Å². The van der Waals surface area contributed by atoms with Crippen LogP contribution in [-0.4, -0.2) is 31.0 Å². The van der Waals surface area contributed by atoms with Crippen molar-refractivity contribution in [1.29, 1.82) is 0 Å². The van der Waals surface area contributed by atoms with Crippen LogP contribution in [0.3, 0.4) is 0 Å². The number of hydrogen-bond acceptors (Lipinski definition) is 4. The van der Waals surface area contributed by atoms with Gasteiger partial charge < -0.3 is 5.11 Å². The first-order chi connectivity index (χ1) is 8.24. The Balaban J connectivity index is 1.97. The van der Waals surface area contributed by atoms with E-state index in [0.29, 0.717) is 6.04 Å². The maximum atomic E-state index is 9.51. The Morgan fingerprint density at radius 3 is 2.76 bits per heavy atom. The molecule has 1 aliphatic rings. The number of aliphatic hydroxyl groups is 1. The van der Waals surface area contributed by atoms with Gasteiger partial charge >= 0.3 is 0 Å². The number of halogens is 1. The SMILES string of the molecule is OC1CCC(n2ncc3cnc(Cl)nc32)CC1. The van der Waals surface area contributed by atoms with E-state index in [1.165, 1.54) is 0 Å². The molecule has 3 rings (SSSR count). The van der Waals surface area contributed by atoms with Gasteiger partial charge in [0, 0.05) is 6.20 Å². The van der Waals surface area contributed by atoms with E-state index >= 15 is 0 Å². The second kappa shape index (κ2) is 4.23. The molecular weight excluding hydrogens is 240 g/mol. The van der Waals surface area contributed by atoms with Crippen LogP contribution >= 0.6 is 11.6 Å². The van der Waals surface area contributed by atoms with Crippen LogP contribution in [0.5, 0.6) is 0 Å². The summed E-state index contributed by atoms with van der Waals surface area (Å²) >= 11 is 5.81. The molecule has 0 aliphatic heterocycles. The number of aliphatic hydroxyl groups excluding tert-OH is 1. The van der Waals surface area contributed by atoms with Gasteiger partial charge in [-0.15, -0.1) is 0 Å². The van der Waals surface area contributed by atoms with Crippen LogP contribution in [0.25, 0.3) is 11.0 Å². The molecule has 0 spiro atoms. The number of nitrogens with zero attached hydrogens (tertiary/aromatic N) is 4. The van der Waals surface area contributed by atoms with Gasteiger partial charge in [0.05, 0.1) is 23.7 Å². The molecule has 1 aliphatic carbocycles. The van der Waals surface area contributed by atoms with Crippen LogP contribution in [0.4, 0.5) is 0 Å². The standard InChI is InChI=1S/C11H13ClN4O/c12-11-13-5-7-6-14-16(10(7)15-11)8-1-3-9(17)4-2-8/h5-6,8-9,17H,1-4H2. The lowest BCUT2D eigenvalue weighted by Gasteiger charge is -2.25. The highest BCUT2D eigenvalue weighted by Gasteiger charge is 2.23. The Labute approximate surface area is 103 Å². The second-order valence-electron chi connectivity index (χ2n) is 4.47. The van der Waals surface area contributed by atoms with E-state index in [4.69, 9.17) is 11.6 Å². The van der Waals surface area contributed by atoms with Gasteiger partial charge in [0.25, 0.3) is 0 Å². The van der Waals surface area contributed by atoms with Gasteiger partial charge in [0.2, 0.25) is 5.28 Å². The molecule has 1 N–H and O–H groups in total. The molecule has 2 aromatic heterocycles. The third-order valence-corrected chi connectivity index (χ3v) is 3.50. The fraction of sp³-hybridized carbons (Fsp3) is 0.545. The van der Waals surface area contributed by atoms with Crippen LogP contribution in [-0.2, 0) is 0 Å². The van der Waals surface area contributed by atoms with Crippen molar-refractivity contribution >= 4 is 22.6 Å². The summed E-state index contributed by atoms with van der Waals surface area (Å²) < 4.78 is 1.91. The van der Waals surface area contributed by atoms with E-state index in [9.17, 15) is 5.11 Å². The molecule has 2 aromatic rings. The third kappa shape index (κ3) is 2.00. The van der Waals surface area contributed by atoms with E-state index in [0.717, 1.165) is 36.7 Å². The molecule has 6 heteroatoms. The summed E-state index contributed by atoms with van der Waals surface area (Å²) in [7, 11) is 0. The molecule has 0 saturated heterocycles. The Morgan fingerprint density at radius 1 is 1.24 bits per heavy atom. The lowest BCUT2D eigenvalue weighted by molar-refractivity contribution is 0.109. The van der Waals surface area contributed by atoms with Crippen molar-refractivity contribution in [2.24, 2.45) is 0 Å². The van der Waals surface area contributed by atoms with Crippen molar-refractivity contribution < 1.29 is 5.11 Å². The zero-order chi connectivity index (χ0) is 11.8. The summed E-state index contributed by atoms with van der Waals surface area (Å²) in [5.74, 6) is 0. The molecule has 90 valence electrons. The van der Waals surface area contributed by atoms with E-state index < -0.39 is 0 Å². The molecular formula is C11H13ClN4O. The first-order valence-electron chi connectivity index (χ1n) is 5.78. The fourth-order valence-electron chi connectivity index (χ4n) is 2.39. The summed E-state index contributed by atoms with van der Waals surface area (Å²) in [5.41, 5.74) is 0.784. The predicted octanol–water partition coefficient (Wildman–Crippen LogP) is 1.96. The first kappa shape index (κ1) is 10.9. The Bertz CT molecular complexity index is 533. The smallest absolute Gasteiger partial charge is 0.224 e. The normalized spacial score (nSPS) is 25.3. The van der Waals surface area contributed by atoms with Crippen molar-refractivity contribution in [3.8, 4) is 0 Å². The maximum absolute atomic E-state index is 9.51. The minimum absolute atomic E-state index is 0.161. The maximum Gasteiger partial charge on any atom is 0.224 e. The Hall–Kier alpha value is -1.20. The number of hydrogen-bond donors (Lipinski definition) is 1. The average Bonchev–Trinajstić information content (AvgIpc) is 2.73. The minimum atomic E-state index is -0.161. The molecule has 2 heterocycles. The van der Waals surface area contributed by atoms with Gasteiger partial charge in [-0.1, -0.05) is 0 Å². The summed E-state index contributed by atoms with van der Waals surface area (Å²) in [6.45, 7) is 0. The van der Waals surface area contributed by atoms with Crippen molar-refractivity contribution in [2.45, 2.75) is 37.8 Å². The molecule has 0 bridgehead atoms. The summed E-state index contributed by atoms with van der Waals surface area (Å²) in [6.07, 6.45) is 6.79. The number of rotatable bonds is 1. The molecule has 1 fully saturated rings. The van der Waals surface area contributed by atoms with Crippen LogP contribution < -0.4 is 0 Å². The molecule has 0 aromatic carbocycles. The zero-order valence-corrected chi connectivity index (χ0v) is 10.0. The molecule has 1 saturated carbocycles. The van der Waals surface area contributed by atoms with Gasteiger partial charge in [-0.05, 0) is 37.3 Å². The van der Waals surface area contributed by atoms with Gasteiger partial charge in [0.1, 0.15) is 0 Å². The molecule has 0 radical (unpaired) electrons. The van der Waals surface area contributed by atoms with Gasteiger partial charge in [-0.2, -0.15) is 10.1 Å². The Morgan fingerprint density at radius 2 is 2.00 bits per heavy atom. The highest BCUT2D eigenvalue weighted by Crippen LogP contribution is 2.30. The highest BCUT2D eigenvalue weighted by atomic mass is 35.5. The van der Waals surface area contributed by atoms with Gasteiger partial charge in [0.15, 0.2) is 5.65 Å².